The van der Waals surface area contributed by atoms with Crippen molar-refractivity contribution in [2.75, 3.05) is 0 Å². The minimum Gasteiger partial charge on any atom is -0.390 e. The highest BCUT2D eigenvalue weighted by atomic mass is 35.5. The van der Waals surface area contributed by atoms with E-state index in [1.54, 1.807) is 0 Å². The minimum atomic E-state index is -0.585. The summed E-state index contributed by atoms with van der Waals surface area (Å²) in [5.74, 6) is 0. The van der Waals surface area contributed by atoms with Gasteiger partial charge in [0.05, 0.1) is 18.2 Å². The standard InChI is InChI=1S/C19H19ClN2O2/c20-15-7-3-6-14-13(15)8-9-16(14)21-19(24)22-18-12-5-2-1-4-11(12)10-17(18)23/h1-7,16-18,23H,8-10H2,(H2,21,22,24). The van der Waals surface area contributed by atoms with E-state index in [1.165, 1.54) is 0 Å². The van der Waals surface area contributed by atoms with Crippen molar-refractivity contribution >= 4 is 17.6 Å². The highest BCUT2D eigenvalue weighted by Gasteiger charge is 2.33. The Morgan fingerprint density at radius 1 is 1.08 bits per heavy atom. The molecule has 0 radical (unpaired) electrons. The number of urea groups is 1. The van der Waals surface area contributed by atoms with Gasteiger partial charge in [-0.3, -0.25) is 0 Å². The van der Waals surface area contributed by atoms with Crippen LogP contribution in [0.25, 0.3) is 0 Å². The summed E-state index contributed by atoms with van der Waals surface area (Å²) >= 11 is 6.22. The van der Waals surface area contributed by atoms with E-state index in [9.17, 15) is 9.90 Å². The first-order valence-electron chi connectivity index (χ1n) is 8.23. The summed E-state index contributed by atoms with van der Waals surface area (Å²) in [6, 6.07) is 13.0. The number of hydrogen-bond acceptors (Lipinski definition) is 2. The van der Waals surface area contributed by atoms with Gasteiger partial charge in [-0.05, 0) is 41.2 Å². The fraction of sp³-hybridized carbons (Fsp3) is 0.316. The number of aliphatic hydroxyl groups excluding tert-OH is 1. The lowest BCUT2D eigenvalue weighted by Crippen LogP contribution is -2.42. The fourth-order valence-electron chi connectivity index (χ4n) is 3.85. The molecule has 124 valence electrons. The molecule has 0 fully saturated rings. The number of nitrogens with one attached hydrogen (secondary N) is 2. The topological polar surface area (TPSA) is 61.4 Å². The maximum absolute atomic E-state index is 12.4. The molecule has 0 aromatic heterocycles. The zero-order valence-electron chi connectivity index (χ0n) is 13.1. The minimum absolute atomic E-state index is 0.0347. The zero-order chi connectivity index (χ0) is 16.7. The van der Waals surface area contributed by atoms with Crippen molar-refractivity contribution in [1.82, 2.24) is 10.6 Å². The molecular weight excluding hydrogens is 324 g/mol. The van der Waals surface area contributed by atoms with Crippen molar-refractivity contribution in [1.29, 1.82) is 0 Å². The van der Waals surface area contributed by atoms with Gasteiger partial charge in [-0.2, -0.15) is 0 Å². The van der Waals surface area contributed by atoms with Crippen LogP contribution in [0, 0.1) is 0 Å². The normalized spacial score (nSPS) is 24.3. The third-order valence-corrected chi connectivity index (χ3v) is 5.36. The maximum Gasteiger partial charge on any atom is 0.315 e. The van der Waals surface area contributed by atoms with Crippen molar-refractivity contribution in [3.8, 4) is 0 Å². The smallest absolute Gasteiger partial charge is 0.315 e. The van der Waals surface area contributed by atoms with E-state index in [0.717, 1.165) is 40.1 Å². The quantitative estimate of drug-likeness (QED) is 0.784. The van der Waals surface area contributed by atoms with Crippen LogP contribution in [0.2, 0.25) is 5.02 Å². The first-order valence-corrected chi connectivity index (χ1v) is 8.61. The van der Waals surface area contributed by atoms with Crippen LogP contribution in [-0.2, 0) is 12.8 Å². The molecule has 2 aromatic rings. The Balaban J connectivity index is 1.47. The summed E-state index contributed by atoms with van der Waals surface area (Å²) < 4.78 is 0. The molecule has 5 heteroatoms. The molecule has 0 heterocycles. The van der Waals surface area contributed by atoms with Gasteiger partial charge in [-0.25, -0.2) is 4.79 Å². The Hall–Kier alpha value is -2.04. The molecule has 2 aliphatic rings. The summed E-state index contributed by atoms with van der Waals surface area (Å²) in [5.41, 5.74) is 4.30. The van der Waals surface area contributed by atoms with Gasteiger partial charge in [0.1, 0.15) is 0 Å². The molecule has 2 amide bonds. The molecule has 0 saturated heterocycles. The fourth-order valence-corrected chi connectivity index (χ4v) is 4.13. The van der Waals surface area contributed by atoms with E-state index in [1.807, 2.05) is 42.5 Å². The SMILES string of the molecule is O=C(NC1CCc2c(Cl)cccc21)NC1c2ccccc2CC1O. The molecule has 2 aromatic carbocycles. The van der Waals surface area contributed by atoms with Crippen LogP contribution in [0.5, 0.6) is 0 Å². The van der Waals surface area contributed by atoms with E-state index < -0.39 is 6.10 Å². The van der Waals surface area contributed by atoms with Gasteiger partial charge < -0.3 is 15.7 Å². The van der Waals surface area contributed by atoms with E-state index >= 15 is 0 Å². The molecule has 0 spiro atoms. The molecule has 3 N–H and O–H groups in total. The predicted molar refractivity (Wildman–Crippen MR) is 93.1 cm³/mol. The number of rotatable bonds is 2. The van der Waals surface area contributed by atoms with Gasteiger partial charge in [-0.15, -0.1) is 0 Å². The second-order valence-electron chi connectivity index (χ2n) is 6.46. The van der Waals surface area contributed by atoms with Gasteiger partial charge in [0.15, 0.2) is 0 Å². The van der Waals surface area contributed by atoms with E-state index in [0.29, 0.717) is 6.42 Å². The summed E-state index contributed by atoms with van der Waals surface area (Å²) in [5, 5.41) is 17.0. The lowest BCUT2D eigenvalue weighted by Gasteiger charge is -2.21. The van der Waals surface area contributed by atoms with Crippen LogP contribution >= 0.6 is 11.6 Å². The summed E-state index contributed by atoms with van der Waals surface area (Å²) in [4.78, 5) is 12.4. The monoisotopic (exact) mass is 342 g/mol. The number of amides is 2. The van der Waals surface area contributed by atoms with Gasteiger partial charge in [0, 0.05) is 11.4 Å². The van der Waals surface area contributed by atoms with Crippen molar-refractivity contribution < 1.29 is 9.90 Å². The summed E-state index contributed by atoms with van der Waals surface area (Å²) in [6.45, 7) is 0. The molecule has 3 unspecified atom stereocenters. The number of benzene rings is 2. The van der Waals surface area contributed by atoms with E-state index in [2.05, 4.69) is 10.6 Å². The molecule has 0 bridgehead atoms. The number of aliphatic hydroxyl groups is 1. The average Bonchev–Trinajstić information content (AvgIpc) is 3.11. The number of carbonyl (C=O) groups excluding carboxylic acids is 1. The van der Waals surface area contributed by atoms with Gasteiger partial charge >= 0.3 is 6.03 Å². The number of carbonyl (C=O) groups is 1. The highest BCUT2D eigenvalue weighted by Crippen LogP contribution is 2.36. The molecule has 4 nitrogen and oxygen atoms in total. The Morgan fingerprint density at radius 2 is 1.88 bits per heavy atom. The van der Waals surface area contributed by atoms with Crippen molar-refractivity contribution in [2.45, 2.75) is 37.5 Å². The lowest BCUT2D eigenvalue weighted by atomic mass is 10.1. The predicted octanol–water partition coefficient (Wildman–Crippen LogP) is 3.28. The molecule has 0 saturated carbocycles. The first kappa shape index (κ1) is 15.5. The second-order valence-corrected chi connectivity index (χ2v) is 6.87. The van der Waals surface area contributed by atoms with Crippen LogP contribution in [-0.4, -0.2) is 17.2 Å². The van der Waals surface area contributed by atoms with Gasteiger partial charge in [-0.1, -0.05) is 48.0 Å². The molecule has 4 rings (SSSR count). The second kappa shape index (κ2) is 6.11. The number of hydrogen-bond donors (Lipinski definition) is 3. The molecular formula is C19H19ClN2O2. The van der Waals surface area contributed by atoms with Crippen LogP contribution in [0.4, 0.5) is 4.79 Å². The van der Waals surface area contributed by atoms with Crippen molar-refractivity contribution in [2.24, 2.45) is 0 Å². The molecule has 3 atom stereocenters. The third-order valence-electron chi connectivity index (χ3n) is 5.01. The average molecular weight is 343 g/mol. The van der Waals surface area contributed by atoms with Crippen LogP contribution in [0.15, 0.2) is 42.5 Å². The Bertz CT molecular complexity index is 793. The Morgan fingerprint density at radius 3 is 2.75 bits per heavy atom. The number of fused-ring (bicyclic) bond motifs is 2. The first-order chi connectivity index (χ1) is 11.6. The number of halogens is 1. The van der Waals surface area contributed by atoms with Crippen LogP contribution in [0.1, 0.15) is 40.8 Å². The van der Waals surface area contributed by atoms with E-state index in [4.69, 9.17) is 11.6 Å². The zero-order valence-corrected chi connectivity index (χ0v) is 13.9. The molecule has 2 aliphatic carbocycles. The Labute approximate surface area is 145 Å². The van der Waals surface area contributed by atoms with Crippen LogP contribution in [0.3, 0.4) is 0 Å². The summed E-state index contributed by atoms with van der Waals surface area (Å²) in [7, 11) is 0. The van der Waals surface area contributed by atoms with Crippen molar-refractivity contribution in [3.05, 3.63) is 69.7 Å². The molecule has 0 aliphatic heterocycles. The van der Waals surface area contributed by atoms with E-state index in [-0.39, 0.29) is 18.1 Å². The maximum atomic E-state index is 12.4. The third kappa shape index (κ3) is 2.66. The van der Waals surface area contributed by atoms with Crippen LogP contribution < -0.4 is 10.6 Å². The van der Waals surface area contributed by atoms with Gasteiger partial charge in [0.25, 0.3) is 0 Å². The highest BCUT2D eigenvalue weighted by molar-refractivity contribution is 6.31. The molecule has 24 heavy (non-hydrogen) atoms. The largest absolute Gasteiger partial charge is 0.390 e. The summed E-state index contributed by atoms with van der Waals surface area (Å²) in [6.07, 6.45) is 1.70. The lowest BCUT2D eigenvalue weighted by molar-refractivity contribution is 0.142. The van der Waals surface area contributed by atoms with Gasteiger partial charge in [0.2, 0.25) is 0 Å². The van der Waals surface area contributed by atoms with Crippen molar-refractivity contribution in [3.63, 3.8) is 0 Å². The Kier molecular flexibility index (Phi) is 3.94.